The van der Waals surface area contributed by atoms with Crippen LogP contribution in [0.15, 0.2) is 0 Å². The molecule has 3 amide bonds. The Labute approximate surface area is 266 Å². The molecule has 0 bridgehead atoms. The molecule has 2 atom stereocenters. The molecule has 44 heavy (non-hydrogen) atoms. The molecule has 0 radical (unpaired) electrons. The second-order valence-electron chi connectivity index (χ2n) is 12.1. The zero-order valence-corrected chi connectivity index (χ0v) is 28.3. The van der Waals surface area contributed by atoms with Gasteiger partial charge in [0.25, 0.3) is 0 Å². The summed E-state index contributed by atoms with van der Waals surface area (Å²) in [6.45, 7) is 9.75. The average Bonchev–Trinajstić information content (AvgIpc) is 2.95. The van der Waals surface area contributed by atoms with E-state index in [1.165, 1.54) is 52.0 Å². The second-order valence-corrected chi connectivity index (χ2v) is 12.1. The van der Waals surface area contributed by atoms with Crippen LogP contribution in [0.1, 0.15) is 143 Å². The highest BCUT2D eigenvalue weighted by Crippen LogP contribution is 2.10. The largest absolute Gasteiger partial charge is 0.481 e. The molecule has 11 heteroatoms. The van der Waals surface area contributed by atoms with Crippen molar-refractivity contribution in [3.8, 4) is 0 Å². The maximum atomic E-state index is 12.6. The SMILES string of the molecule is CC(C)C.CCCCCCCCCCCC(=O)NCCCCCCNC(=O)C(CCC(=O)O)NC(=O)C(CCC(=O)O)NC. The van der Waals surface area contributed by atoms with E-state index in [1.807, 2.05) is 0 Å². The third-order valence-corrected chi connectivity index (χ3v) is 6.82. The molecule has 0 rings (SSSR count). The molecule has 0 spiro atoms. The van der Waals surface area contributed by atoms with E-state index >= 15 is 0 Å². The van der Waals surface area contributed by atoms with Crippen LogP contribution >= 0.6 is 0 Å². The minimum Gasteiger partial charge on any atom is -0.481 e. The molecule has 0 heterocycles. The van der Waals surface area contributed by atoms with Gasteiger partial charge in [-0.1, -0.05) is 91.9 Å². The zero-order chi connectivity index (χ0) is 33.6. The molecule has 2 unspecified atom stereocenters. The van der Waals surface area contributed by atoms with Crippen LogP contribution in [0.5, 0.6) is 0 Å². The lowest BCUT2D eigenvalue weighted by molar-refractivity contribution is -0.139. The number of carbonyl (C=O) groups excluding carboxylic acids is 3. The number of carbonyl (C=O) groups is 5. The third kappa shape index (κ3) is 30.8. The predicted molar refractivity (Wildman–Crippen MR) is 175 cm³/mol. The first kappa shape index (κ1) is 43.4. The number of aliphatic carboxylic acids is 2. The fourth-order valence-electron chi connectivity index (χ4n) is 4.33. The smallest absolute Gasteiger partial charge is 0.303 e. The van der Waals surface area contributed by atoms with Crippen LogP contribution in [0.3, 0.4) is 0 Å². The second kappa shape index (κ2) is 30.3. The monoisotopic (exact) mass is 628 g/mol. The van der Waals surface area contributed by atoms with Crippen LogP contribution in [0.2, 0.25) is 0 Å². The van der Waals surface area contributed by atoms with Crippen molar-refractivity contribution < 1.29 is 34.2 Å². The van der Waals surface area contributed by atoms with E-state index in [0.29, 0.717) is 19.5 Å². The van der Waals surface area contributed by atoms with Crippen LogP contribution in [-0.4, -0.2) is 72.1 Å². The van der Waals surface area contributed by atoms with E-state index in [-0.39, 0.29) is 31.6 Å². The van der Waals surface area contributed by atoms with E-state index in [9.17, 15) is 24.0 Å². The Morgan fingerprint density at radius 1 is 0.568 bits per heavy atom. The Morgan fingerprint density at radius 3 is 1.48 bits per heavy atom. The van der Waals surface area contributed by atoms with Crippen molar-refractivity contribution >= 4 is 29.7 Å². The van der Waals surface area contributed by atoms with Gasteiger partial charge in [-0.25, -0.2) is 0 Å². The summed E-state index contributed by atoms with van der Waals surface area (Å²) in [5.41, 5.74) is 0. The number of carboxylic acid groups (broad SMARTS) is 2. The van der Waals surface area contributed by atoms with Crippen molar-refractivity contribution in [3.63, 3.8) is 0 Å². The van der Waals surface area contributed by atoms with E-state index in [1.54, 1.807) is 0 Å². The van der Waals surface area contributed by atoms with Gasteiger partial charge in [-0.3, -0.25) is 24.0 Å². The molecule has 0 saturated carbocycles. The molecule has 0 fully saturated rings. The third-order valence-electron chi connectivity index (χ3n) is 6.82. The molecule has 0 aliphatic rings. The summed E-state index contributed by atoms with van der Waals surface area (Å²) < 4.78 is 0. The number of rotatable bonds is 27. The summed E-state index contributed by atoms with van der Waals surface area (Å²) in [5.74, 6) is -2.19. The van der Waals surface area contributed by atoms with E-state index < -0.39 is 35.8 Å². The van der Waals surface area contributed by atoms with Crippen molar-refractivity contribution in [2.24, 2.45) is 5.92 Å². The van der Waals surface area contributed by atoms with Gasteiger partial charge >= 0.3 is 11.9 Å². The quantitative estimate of drug-likeness (QED) is 0.0676. The number of unbranched alkanes of at least 4 members (excludes halogenated alkanes) is 11. The lowest BCUT2D eigenvalue weighted by atomic mass is 10.1. The number of amides is 3. The molecule has 258 valence electrons. The van der Waals surface area contributed by atoms with Gasteiger partial charge in [0, 0.05) is 32.4 Å². The Bertz CT molecular complexity index is 774. The molecule has 0 aromatic rings. The van der Waals surface area contributed by atoms with Gasteiger partial charge in [0.05, 0.1) is 6.04 Å². The highest BCUT2D eigenvalue weighted by Gasteiger charge is 2.25. The van der Waals surface area contributed by atoms with Gasteiger partial charge in [-0.2, -0.15) is 0 Å². The first-order chi connectivity index (χ1) is 20.9. The van der Waals surface area contributed by atoms with Crippen LogP contribution in [0.4, 0.5) is 0 Å². The minimum absolute atomic E-state index is 0.0463. The Morgan fingerprint density at radius 2 is 1.00 bits per heavy atom. The maximum Gasteiger partial charge on any atom is 0.303 e. The van der Waals surface area contributed by atoms with Gasteiger partial charge in [-0.15, -0.1) is 0 Å². The molecule has 0 aliphatic carbocycles. The molecular weight excluding hydrogens is 564 g/mol. The number of hydrogen-bond acceptors (Lipinski definition) is 6. The normalized spacial score (nSPS) is 12.0. The maximum absolute atomic E-state index is 12.6. The number of nitrogens with one attached hydrogen (secondary N) is 4. The fourth-order valence-corrected chi connectivity index (χ4v) is 4.33. The lowest BCUT2D eigenvalue weighted by Gasteiger charge is -2.21. The summed E-state index contributed by atoms with van der Waals surface area (Å²) in [5, 5.41) is 28.8. The summed E-state index contributed by atoms with van der Waals surface area (Å²) in [7, 11) is 1.52. The van der Waals surface area contributed by atoms with E-state index in [0.717, 1.165) is 44.4 Å². The van der Waals surface area contributed by atoms with Gasteiger partial charge in [0.1, 0.15) is 6.04 Å². The lowest BCUT2D eigenvalue weighted by Crippen LogP contribution is -2.52. The number of carboxylic acids is 2. The van der Waals surface area contributed by atoms with Crippen LogP contribution in [0.25, 0.3) is 0 Å². The van der Waals surface area contributed by atoms with Crippen LogP contribution < -0.4 is 21.3 Å². The summed E-state index contributed by atoms with van der Waals surface area (Å²) >= 11 is 0. The molecule has 0 saturated heterocycles. The molecular formula is C33H64N4O7. The van der Waals surface area contributed by atoms with Crippen LogP contribution in [-0.2, 0) is 24.0 Å². The summed E-state index contributed by atoms with van der Waals surface area (Å²) in [4.78, 5) is 58.8. The summed E-state index contributed by atoms with van der Waals surface area (Å²) in [6, 6.07) is -1.83. The molecule has 6 N–H and O–H groups in total. The van der Waals surface area contributed by atoms with Gasteiger partial charge < -0.3 is 31.5 Å². The van der Waals surface area contributed by atoms with E-state index in [2.05, 4.69) is 49.0 Å². The van der Waals surface area contributed by atoms with E-state index in [4.69, 9.17) is 10.2 Å². The molecule has 0 aliphatic heterocycles. The number of likely N-dealkylation sites (N-methyl/N-ethyl adjacent to an activating group) is 1. The average molecular weight is 629 g/mol. The molecule has 0 aromatic carbocycles. The van der Waals surface area contributed by atoms with Crippen molar-refractivity contribution in [2.45, 2.75) is 155 Å². The first-order valence-corrected chi connectivity index (χ1v) is 16.9. The summed E-state index contributed by atoms with van der Waals surface area (Å²) in [6.07, 6.45) is 14.4. The fraction of sp³-hybridized carbons (Fsp3) is 0.848. The Hall–Kier alpha value is -2.69. The van der Waals surface area contributed by atoms with Crippen molar-refractivity contribution in [1.82, 2.24) is 21.3 Å². The van der Waals surface area contributed by atoms with Crippen molar-refractivity contribution in [3.05, 3.63) is 0 Å². The Balaban J connectivity index is 0. The van der Waals surface area contributed by atoms with Gasteiger partial charge in [0.15, 0.2) is 0 Å². The van der Waals surface area contributed by atoms with Crippen LogP contribution in [0, 0.1) is 5.92 Å². The van der Waals surface area contributed by atoms with Gasteiger partial charge in [0.2, 0.25) is 17.7 Å². The highest BCUT2D eigenvalue weighted by atomic mass is 16.4. The van der Waals surface area contributed by atoms with Gasteiger partial charge in [-0.05, 0) is 45.1 Å². The standard InChI is InChI=1S/C29H54N4O7.C4H10/c1-3-4-5-6-7-8-9-10-13-16-25(34)31-21-14-11-12-15-22-32-28(39)24(18-20-27(37)38)33-29(40)23(30-2)17-19-26(35)36;1-4(2)3/h23-24,30H,3-22H2,1-2H3,(H,31,34)(H,32,39)(H,33,40)(H,35,36)(H,37,38);4H,1-3H3. The predicted octanol–water partition coefficient (Wildman–Crippen LogP) is 5.16. The van der Waals surface area contributed by atoms with Crippen molar-refractivity contribution in [1.29, 1.82) is 0 Å². The number of hydrogen-bond donors (Lipinski definition) is 6. The topological polar surface area (TPSA) is 174 Å². The molecule has 11 nitrogen and oxygen atoms in total. The Kier molecular flexibility index (Phi) is 30.0. The highest BCUT2D eigenvalue weighted by molar-refractivity contribution is 5.90. The molecule has 0 aromatic heterocycles. The minimum atomic E-state index is -1.08. The zero-order valence-electron chi connectivity index (χ0n) is 28.3. The van der Waals surface area contributed by atoms with Crippen molar-refractivity contribution in [2.75, 3.05) is 20.1 Å². The first-order valence-electron chi connectivity index (χ1n) is 16.9.